The number of rotatable bonds is 3. The third kappa shape index (κ3) is 3.35. The van der Waals surface area contributed by atoms with Crippen molar-refractivity contribution in [1.29, 1.82) is 0 Å². The lowest BCUT2D eigenvalue weighted by Crippen LogP contribution is -2.39. The van der Waals surface area contributed by atoms with E-state index in [2.05, 4.69) is 34.5 Å². The van der Waals surface area contributed by atoms with Gasteiger partial charge >= 0.3 is 0 Å². The van der Waals surface area contributed by atoms with Gasteiger partial charge in [-0.25, -0.2) is 13.1 Å². The second-order valence-electron chi connectivity index (χ2n) is 5.62. The minimum Gasteiger partial charge on any atom is -0.207 e. The van der Waals surface area contributed by atoms with Crippen LogP contribution in [0.3, 0.4) is 0 Å². The quantitative estimate of drug-likeness (QED) is 0.900. The molecule has 2 rings (SSSR count). The van der Waals surface area contributed by atoms with E-state index < -0.39 is 10.0 Å². The fraction of sp³-hybridized carbons (Fsp3) is 0.667. The van der Waals surface area contributed by atoms with Crippen molar-refractivity contribution in [2.24, 2.45) is 5.41 Å². The molecule has 0 aliphatic heterocycles. The minimum atomic E-state index is -3.36. The molecule has 0 radical (unpaired) electrons. The fourth-order valence-electron chi connectivity index (χ4n) is 2.26. The highest BCUT2D eigenvalue weighted by Crippen LogP contribution is 2.36. The Morgan fingerprint density at radius 3 is 2.50 bits per heavy atom. The van der Waals surface area contributed by atoms with E-state index >= 15 is 0 Å². The highest BCUT2D eigenvalue weighted by molar-refractivity contribution is 9.10. The molecule has 0 atom stereocenters. The van der Waals surface area contributed by atoms with E-state index in [9.17, 15) is 8.42 Å². The van der Waals surface area contributed by atoms with Gasteiger partial charge in [0, 0.05) is 10.5 Å². The first-order chi connectivity index (χ1) is 8.30. The number of thiophene rings is 1. The summed E-state index contributed by atoms with van der Waals surface area (Å²) in [5.74, 6) is 0. The molecule has 1 saturated carbocycles. The standard InChI is InChI=1S/C12H18BrNO2S2/c1-12(2)6-3-9(4-7-12)14-18(15,16)11-10(13)5-8-17-11/h5,8-9,14H,3-4,6-7H2,1-2H3. The van der Waals surface area contributed by atoms with Gasteiger partial charge in [-0.2, -0.15) is 0 Å². The Morgan fingerprint density at radius 2 is 2.00 bits per heavy atom. The van der Waals surface area contributed by atoms with Crippen LogP contribution >= 0.6 is 27.3 Å². The molecule has 1 aliphatic rings. The summed E-state index contributed by atoms with van der Waals surface area (Å²) < 4.78 is 28.3. The van der Waals surface area contributed by atoms with Crippen LogP contribution in [0.4, 0.5) is 0 Å². The molecule has 1 aliphatic carbocycles. The second-order valence-corrected chi connectivity index (χ2v) is 9.30. The van der Waals surface area contributed by atoms with E-state index in [1.54, 1.807) is 11.4 Å². The number of hydrogen-bond acceptors (Lipinski definition) is 3. The molecule has 1 aromatic heterocycles. The van der Waals surface area contributed by atoms with Crippen LogP contribution in [-0.2, 0) is 10.0 Å². The maximum atomic E-state index is 12.2. The fourth-order valence-corrected chi connectivity index (χ4v) is 5.92. The molecule has 1 heterocycles. The zero-order chi connectivity index (χ0) is 13.4. The SMILES string of the molecule is CC1(C)CCC(NS(=O)(=O)c2sccc2Br)CC1. The van der Waals surface area contributed by atoms with Crippen molar-refractivity contribution in [2.45, 2.75) is 49.8 Å². The third-order valence-electron chi connectivity index (χ3n) is 3.49. The van der Waals surface area contributed by atoms with Crippen LogP contribution in [0.1, 0.15) is 39.5 Å². The summed E-state index contributed by atoms with van der Waals surface area (Å²) in [6, 6.07) is 1.85. The molecule has 1 N–H and O–H groups in total. The Kier molecular flexibility index (Phi) is 4.21. The average Bonchev–Trinajstić information content (AvgIpc) is 2.68. The van der Waals surface area contributed by atoms with Crippen LogP contribution in [0.25, 0.3) is 0 Å². The van der Waals surface area contributed by atoms with Crippen LogP contribution < -0.4 is 4.72 Å². The molecule has 0 spiro atoms. The van der Waals surface area contributed by atoms with Gasteiger partial charge in [-0.1, -0.05) is 13.8 Å². The first-order valence-corrected chi connectivity index (χ1v) is 9.21. The summed E-state index contributed by atoms with van der Waals surface area (Å²) in [7, 11) is -3.36. The molecule has 0 amide bonds. The van der Waals surface area contributed by atoms with Crippen LogP contribution in [0.15, 0.2) is 20.1 Å². The zero-order valence-electron chi connectivity index (χ0n) is 10.6. The van der Waals surface area contributed by atoms with Gasteiger partial charge in [-0.05, 0) is 58.5 Å². The summed E-state index contributed by atoms with van der Waals surface area (Å²) >= 11 is 4.52. The molecule has 0 saturated heterocycles. The molecule has 6 heteroatoms. The van der Waals surface area contributed by atoms with Crippen molar-refractivity contribution in [3.05, 3.63) is 15.9 Å². The van der Waals surface area contributed by atoms with Gasteiger partial charge in [0.05, 0.1) is 0 Å². The highest BCUT2D eigenvalue weighted by atomic mass is 79.9. The van der Waals surface area contributed by atoms with Crippen molar-refractivity contribution in [1.82, 2.24) is 4.72 Å². The summed E-state index contributed by atoms with van der Waals surface area (Å²) in [6.45, 7) is 4.49. The first kappa shape index (κ1) is 14.5. The predicted octanol–water partition coefficient (Wildman–Crippen LogP) is 3.76. The molecule has 0 aromatic carbocycles. The van der Waals surface area contributed by atoms with Crippen LogP contribution in [0.5, 0.6) is 0 Å². The predicted molar refractivity (Wildman–Crippen MR) is 78.4 cm³/mol. The summed E-state index contributed by atoms with van der Waals surface area (Å²) in [5.41, 5.74) is 0.353. The number of nitrogens with one attached hydrogen (secondary N) is 1. The van der Waals surface area contributed by atoms with Crippen molar-refractivity contribution >= 4 is 37.3 Å². The van der Waals surface area contributed by atoms with Gasteiger partial charge < -0.3 is 0 Å². The summed E-state index contributed by atoms with van der Waals surface area (Å²) in [6.07, 6.45) is 4.00. The Hall–Kier alpha value is 0.0900. The second kappa shape index (κ2) is 5.23. The monoisotopic (exact) mass is 351 g/mol. The Bertz CT molecular complexity index is 512. The molecule has 102 valence electrons. The molecular formula is C12H18BrNO2S2. The third-order valence-corrected chi connectivity index (χ3v) is 7.68. The zero-order valence-corrected chi connectivity index (χ0v) is 13.8. The molecular weight excluding hydrogens is 334 g/mol. The van der Waals surface area contributed by atoms with E-state index in [1.165, 1.54) is 11.3 Å². The topological polar surface area (TPSA) is 46.2 Å². The number of halogens is 1. The van der Waals surface area contributed by atoms with Gasteiger partial charge in [0.15, 0.2) is 0 Å². The average molecular weight is 352 g/mol. The van der Waals surface area contributed by atoms with Gasteiger partial charge in [0.2, 0.25) is 0 Å². The minimum absolute atomic E-state index is 0.0806. The van der Waals surface area contributed by atoms with E-state index in [1.807, 2.05) is 0 Å². The summed E-state index contributed by atoms with van der Waals surface area (Å²) in [4.78, 5) is 0. The maximum Gasteiger partial charge on any atom is 0.251 e. The van der Waals surface area contributed by atoms with Crippen molar-refractivity contribution < 1.29 is 8.42 Å². The smallest absolute Gasteiger partial charge is 0.207 e. The van der Waals surface area contributed by atoms with E-state index in [-0.39, 0.29) is 6.04 Å². The largest absolute Gasteiger partial charge is 0.251 e. The van der Waals surface area contributed by atoms with Crippen molar-refractivity contribution in [3.8, 4) is 0 Å². The van der Waals surface area contributed by atoms with Crippen molar-refractivity contribution in [3.63, 3.8) is 0 Å². The molecule has 1 fully saturated rings. The lowest BCUT2D eigenvalue weighted by Gasteiger charge is -2.34. The summed E-state index contributed by atoms with van der Waals surface area (Å²) in [5, 5.41) is 1.78. The van der Waals surface area contributed by atoms with Crippen LogP contribution in [-0.4, -0.2) is 14.5 Å². The van der Waals surface area contributed by atoms with E-state index in [4.69, 9.17) is 0 Å². The van der Waals surface area contributed by atoms with Gasteiger partial charge in [0.1, 0.15) is 4.21 Å². The molecule has 3 nitrogen and oxygen atoms in total. The van der Waals surface area contributed by atoms with E-state index in [0.29, 0.717) is 14.1 Å². The number of hydrogen-bond donors (Lipinski definition) is 1. The Balaban J connectivity index is 2.05. The van der Waals surface area contributed by atoms with E-state index in [0.717, 1.165) is 25.7 Å². The number of sulfonamides is 1. The van der Waals surface area contributed by atoms with Crippen LogP contribution in [0, 0.1) is 5.41 Å². The molecule has 0 bridgehead atoms. The Morgan fingerprint density at radius 1 is 1.39 bits per heavy atom. The lowest BCUT2D eigenvalue weighted by atomic mass is 9.76. The normalized spacial score (nSPS) is 21.1. The van der Waals surface area contributed by atoms with Gasteiger partial charge in [-0.15, -0.1) is 11.3 Å². The first-order valence-electron chi connectivity index (χ1n) is 6.05. The lowest BCUT2D eigenvalue weighted by molar-refractivity contribution is 0.218. The molecule has 1 aromatic rings. The van der Waals surface area contributed by atoms with Gasteiger partial charge in [0.25, 0.3) is 10.0 Å². The van der Waals surface area contributed by atoms with Crippen molar-refractivity contribution in [2.75, 3.05) is 0 Å². The van der Waals surface area contributed by atoms with Gasteiger partial charge in [-0.3, -0.25) is 0 Å². The Labute approximate surface area is 121 Å². The maximum absolute atomic E-state index is 12.2. The molecule has 18 heavy (non-hydrogen) atoms. The molecule has 0 unspecified atom stereocenters. The highest BCUT2D eigenvalue weighted by Gasteiger charge is 2.30. The van der Waals surface area contributed by atoms with Crippen LogP contribution in [0.2, 0.25) is 0 Å².